The maximum Gasteiger partial charge on any atom is 0.347 e. The van der Waals surface area contributed by atoms with Crippen LogP contribution < -0.4 is 26.7 Å². The number of amides is 2. The largest absolute Gasteiger partial charge is 0.478 e. The Bertz CT molecular complexity index is 1410. The normalized spacial score (nSPS) is 20.0. The number of β-lactam (4-membered cyclic amide) rings is 1. The highest BCUT2D eigenvalue weighted by Crippen LogP contribution is 2.39. The van der Waals surface area contributed by atoms with E-state index in [4.69, 9.17) is 33.0 Å². The lowest BCUT2D eigenvalue weighted by molar-refractivity contribution is -0.688. The molecule has 1 saturated heterocycles. The molecule has 2 aliphatic rings. The van der Waals surface area contributed by atoms with E-state index in [9.17, 15) is 19.2 Å². The lowest BCUT2D eigenvalue weighted by Gasteiger charge is -2.49. The van der Waals surface area contributed by atoms with Gasteiger partial charge in [0.1, 0.15) is 21.4 Å². The van der Waals surface area contributed by atoms with E-state index in [2.05, 4.69) is 20.8 Å². The fourth-order valence-corrected chi connectivity index (χ4v) is 6.23. The number of anilines is 2. The number of thiazole rings is 1. The van der Waals surface area contributed by atoms with Crippen molar-refractivity contribution in [3.63, 3.8) is 0 Å². The van der Waals surface area contributed by atoms with Crippen LogP contribution in [0.2, 0.25) is 4.34 Å². The zero-order valence-corrected chi connectivity index (χ0v) is 24.3. The highest BCUT2D eigenvalue weighted by atomic mass is 35.5. The molecule has 2 aromatic heterocycles. The summed E-state index contributed by atoms with van der Waals surface area (Å²) in [5.41, 5.74) is 12.8. The summed E-state index contributed by atoms with van der Waals surface area (Å²) in [6.07, 6.45) is 2.99. The lowest BCUT2D eigenvalue weighted by Crippen LogP contribution is -2.70. The van der Waals surface area contributed by atoms with Crippen molar-refractivity contribution < 1.29 is 33.7 Å². The zero-order valence-electron chi connectivity index (χ0n) is 21.9. The minimum atomic E-state index is -1.37. The van der Waals surface area contributed by atoms with E-state index in [0.29, 0.717) is 25.1 Å². The maximum absolute atomic E-state index is 13.2. The Morgan fingerprint density at radius 1 is 1.39 bits per heavy atom. The molecule has 0 aromatic carbocycles. The predicted molar refractivity (Wildman–Crippen MR) is 153 cm³/mol. The number of fused-ring (bicyclic) bond motifs is 1. The number of carboxylic acids is 1. The van der Waals surface area contributed by atoms with E-state index in [1.807, 2.05) is 36.0 Å². The number of oxime groups is 1. The number of carbonyl (C=O) groups is 4. The van der Waals surface area contributed by atoms with E-state index in [1.54, 1.807) is 0 Å². The second-order valence-corrected chi connectivity index (χ2v) is 12.0. The number of carboxylic acid groups (broad SMARTS) is 1. The molecule has 0 spiro atoms. The van der Waals surface area contributed by atoms with E-state index in [1.165, 1.54) is 23.6 Å². The van der Waals surface area contributed by atoms with Crippen molar-refractivity contribution >= 4 is 75.3 Å². The van der Waals surface area contributed by atoms with Crippen LogP contribution in [0.15, 0.2) is 41.0 Å². The molecule has 41 heavy (non-hydrogen) atoms. The number of hydrogen-bond acceptors (Lipinski definition) is 12. The molecule has 0 aliphatic carbocycles. The first-order valence-electron chi connectivity index (χ1n) is 12.3. The average Bonchev–Trinajstić information content (AvgIpc) is 3.27. The van der Waals surface area contributed by atoms with Crippen LogP contribution in [-0.4, -0.2) is 80.6 Å². The monoisotopic (exact) mass is 623 g/mol. The molecule has 2 aromatic rings. The smallest absolute Gasteiger partial charge is 0.347 e. The number of nitrogens with zero attached hydrogens (tertiary/aromatic N) is 4. The molecule has 1 fully saturated rings. The molecule has 0 bridgehead atoms. The summed E-state index contributed by atoms with van der Waals surface area (Å²) in [7, 11) is 0. The van der Waals surface area contributed by atoms with Gasteiger partial charge in [0.2, 0.25) is 6.10 Å². The number of allylic oxidation sites excluding steroid dienone is 1. The van der Waals surface area contributed by atoms with Crippen LogP contribution in [0.25, 0.3) is 0 Å². The van der Waals surface area contributed by atoms with Crippen LogP contribution in [0, 0.1) is 0 Å². The van der Waals surface area contributed by atoms with Crippen molar-refractivity contribution in [3.8, 4) is 0 Å². The van der Waals surface area contributed by atoms with E-state index < -0.39 is 41.0 Å². The van der Waals surface area contributed by atoms with Gasteiger partial charge in [0.25, 0.3) is 11.8 Å². The maximum atomic E-state index is 13.2. The van der Waals surface area contributed by atoms with Gasteiger partial charge in [-0.1, -0.05) is 28.1 Å². The summed E-state index contributed by atoms with van der Waals surface area (Å²) >= 11 is 8.43. The summed E-state index contributed by atoms with van der Waals surface area (Å²) in [6, 6.07) is 2.81. The summed E-state index contributed by atoms with van der Waals surface area (Å²) in [6.45, 7) is 4.15. The molecular formula is C24H28ClN8O6S2+. The van der Waals surface area contributed by atoms with Crippen LogP contribution in [-0.2, 0) is 30.6 Å². The third-order valence-corrected chi connectivity index (χ3v) is 8.50. The van der Waals surface area contributed by atoms with Crippen molar-refractivity contribution in [3.05, 3.63) is 45.8 Å². The fourth-order valence-electron chi connectivity index (χ4n) is 3.94. The van der Waals surface area contributed by atoms with Crippen molar-refractivity contribution in [2.45, 2.75) is 44.0 Å². The third kappa shape index (κ3) is 6.78. The number of nitrogens with two attached hydrogens (primary N) is 2. The van der Waals surface area contributed by atoms with Crippen LogP contribution in [0.5, 0.6) is 0 Å². The molecule has 14 nitrogen and oxygen atoms in total. The number of thioether (sulfide) groups is 1. The number of nitrogens with one attached hydrogen (secondary N) is 2. The zero-order chi connectivity index (χ0) is 29.8. The molecule has 4 heterocycles. The molecule has 218 valence electrons. The highest BCUT2D eigenvalue weighted by Gasteiger charge is 2.53. The quantitative estimate of drug-likeness (QED) is 0.0708. The Morgan fingerprint density at radius 2 is 2.10 bits per heavy atom. The number of pyridine rings is 1. The molecular weight excluding hydrogens is 596 g/mol. The van der Waals surface area contributed by atoms with Crippen molar-refractivity contribution in [2.75, 3.05) is 23.3 Å². The number of aldehydes is 1. The van der Waals surface area contributed by atoms with Gasteiger partial charge in [-0.3, -0.25) is 19.3 Å². The summed E-state index contributed by atoms with van der Waals surface area (Å²) in [5.74, 6) is -2.22. The number of nitrogen functional groups attached to an aromatic ring is 1. The topological polar surface area (TPSA) is 206 Å². The van der Waals surface area contributed by atoms with Gasteiger partial charge in [-0.2, -0.15) is 0 Å². The molecule has 0 saturated carbocycles. The standard InChI is InChI=1S/C24H27ClN8O6S2/c1-11(26)7-28-14-3-5-32(6-4-14)8-13-10-40-22-18(21(36)33(22)15(13)9-34)29-20(35)17(31-39-12(2)23(37)38)16-19(25)41-24(27)30-16/h3-6,9,11-12,18,22H,7-8,10,26H2,1-2H3,(H4,27,29,30,35,37,38)/p+1/b31-17-/t11-,12-,18+,22+/m0/s1. The molecule has 2 amide bonds. The number of rotatable bonds is 12. The third-order valence-electron chi connectivity index (χ3n) is 6.08. The number of halogens is 1. The van der Waals surface area contributed by atoms with E-state index >= 15 is 0 Å². The molecule has 4 atom stereocenters. The van der Waals surface area contributed by atoms with Crippen LogP contribution in [0.4, 0.5) is 10.8 Å². The Balaban J connectivity index is 1.48. The van der Waals surface area contributed by atoms with Gasteiger partial charge in [-0.05, 0) is 13.8 Å². The predicted octanol–water partition coefficient (Wildman–Crippen LogP) is 0.172. The van der Waals surface area contributed by atoms with Gasteiger partial charge in [0, 0.05) is 41.7 Å². The van der Waals surface area contributed by atoms with Gasteiger partial charge in [0.05, 0.1) is 5.70 Å². The Morgan fingerprint density at radius 3 is 2.68 bits per heavy atom. The molecule has 0 unspecified atom stereocenters. The van der Waals surface area contributed by atoms with Gasteiger partial charge >= 0.3 is 5.97 Å². The fraction of sp³-hybridized carbons (Fsp3) is 0.375. The number of hydrogen-bond donors (Lipinski definition) is 5. The first kappa shape index (κ1) is 30.2. The summed E-state index contributed by atoms with van der Waals surface area (Å²) in [5, 5.41) is 18.1. The van der Waals surface area contributed by atoms with Crippen LogP contribution in [0.3, 0.4) is 0 Å². The number of carbonyl (C=O) groups excluding carboxylic acids is 3. The van der Waals surface area contributed by atoms with Crippen molar-refractivity contribution in [1.82, 2.24) is 15.2 Å². The SMILES string of the molecule is C[C@H](N)CNc1cc[n+](CC2=C(C=O)N3C(=O)[C@@H](NC(=O)/C(=N\O[C@@H](C)C(=O)O)c4nc(N)sc4Cl)[C@H]3SC2)cc1. The van der Waals surface area contributed by atoms with Gasteiger partial charge in [-0.15, -0.1) is 11.8 Å². The van der Waals surface area contributed by atoms with Crippen LogP contribution >= 0.6 is 34.7 Å². The van der Waals surface area contributed by atoms with Gasteiger partial charge in [-0.25, -0.2) is 14.3 Å². The first-order valence-corrected chi connectivity index (χ1v) is 14.5. The Labute approximate surface area is 247 Å². The van der Waals surface area contributed by atoms with Crippen LogP contribution in [0.1, 0.15) is 19.5 Å². The summed E-state index contributed by atoms with van der Waals surface area (Å²) < 4.78 is 1.92. The van der Waals surface area contributed by atoms with Crippen molar-refractivity contribution in [2.24, 2.45) is 10.9 Å². The second-order valence-electron chi connectivity index (χ2n) is 9.29. The van der Waals surface area contributed by atoms with E-state index in [0.717, 1.165) is 22.6 Å². The first-order chi connectivity index (χ1) is 19.5. The minimum absolute atomic E-state index is 0.00857. The highest BCUT2D eigenvalue weighted by molar-refractivity contribution is 8.00. The van der Waals surface area contributed by atoms with Gasteiger partial charge < -0.3 is 32.0 Å². The number of aromatic nitrogens is 2. The summed E-state index contributed by atoms with van der Waals surface area (Å²) in [4.78, 5) is 59.8. The average molecular weight is 624 g/mol. The molecule has 17 heteroatoms. The Hall–Kier alpha value is -3.73. The Kier molecular flexibility index (Phi) is 9.47. The molecule has 0 radical (unpaired) electrons. The minimum Gasteiger partial charge on any atom is -0.478 e. The molecule has 2 aliphatic heterocycles. The molecule has 4 rings (SSSR count). The van der Waals surface area contributed by atoms with Gasteiger partial charge in [0.15, 0.2) is 36.1 Å². The van der Waals surface area contributed by atoms with Crippen molar-refractivity contribution in [1.29, 1.82) is 0 Å². The second kappa shape index (κ2) is 12.8. The molecule has 7 N–H and O–H groups in total. The lowest BCUT2D eigenvalue weighted by atomic mass is 10.0. The number of aliphatic carboxylic acids is 1. The van der Waals surface area contributed by atoms with E-state index in [-0.39, 0.29) is 26.9 Å².